The van der Waals surface area contributed by atoms with Crippen LogP contribution in [0.4, 0.5) is 5.95 Å². The number of rotatable bonds is 5. The van der Waals surface area contributed by atoms with Crippen molar-refractivity contribution in [3.8, 4) is 0 Å². The van der Waals surface area contributed by atoms with Crippen LogP contribution in [0.25, 0.3) is 0 Å². The summed E-state index contributed by atoms with van der Waals surface area (Å²) >= 11 is 0. The molecule has 0 aliphatic carbocycles. The molecule has 0 radical (unpaired) electrons. The maximum Gasteiger partial charge on any atom is 0.225 e. The van der Waals surface area contributed by atoms with Gasteiger partial charge >= 0.3 is 0 Å². The Morgan fingerprint density at radius 3 is 2.72 bits per heavy atom. The van der Waals surface area contributed by atoms with Crippen molar-refractivity contribution >= 4 is 5.95 Å². The van der Waals surface area contributed by atoms with Crippen LogP contribution in [0.2, 0.25) is 0 Å². The molecule has 2 rings (SSSR count). The first-order valence-electron chi connectivity index (χ1n) is 7.09. The highest BCUT2D eigenvalue weighted by Crippen LogP contribution is 2.16. The molecule has 1 aliphatic heterocycles. The van der Waals surface area contributed by atoms with E-state index in [1.54, 1.807) is 0 Å². The van der Waals surface area contributed by atoms with Crippen LogP contribution in [0.3, 0.4) is 0 Å². The number of hydrogen-bond acceptors (Lipinski definition) is 4. The second-order valence-electron chi connectivity index (χ2n) is 5.01. The first-order chi connectivity index (χ1) is 8.81. The smallest absolute Gasteiger partial charge is 0.225 e. The molecule has 4 nitrogen and oxygen atoms in total. The van der Waals surface area contributed by atoms with E-state index in [0.717, 1.165) is 44.2 Å². The van der Waals surface area contributed by atoms with E-state index < -0.39 is 0 Å². The largest absolute Gasteiger partial charge is 0.341 e. The summed E-state index contributed by atoms with van der Waals surface area (Å²) in [6, 6.07) is 0. The van der Waals surface area contributed by atoms with Gasteiger partial charge in [-0.3, -0.25) is 0 Å². The highest BCUT2D eigenvalue weighted by atomic mass is 15.2. The summed E-state index contributed by atoms with van der Waals surface area (Å²) < 4.78 is 0. The third kappa shape index (κ3) is 3.42. The lowest BCUT2D eigenvalue weighted by Gasteiger charge is -2.27. The molecule has 0 amide bonds. The summed E-state index contributed by atoms with van der Waals surface area (Å²) in [5, 5.41) is 3.40. The molecule has 0 atom stereocenters. The molecule has 0 spiro atoms. The fourth-order valence-electron chi connectivity index (χ4n) is 2.30. The van der Waals surface area contributed by atoms with Crippen LogP contribution < -0.4 is 10.2 Å². The molecule has 2 heterocycles. The Morgan fingerprint density at radius 2 is 2.06 bits per heavy atom. The van der Waals surface area contributed by atoms with E-state index in [-0.39, 0.29) is 0 Å². The molecule has 1 fully saturated rings. The quantitative estimate of drug-likeness (QED) is 0.812. The minimum Gasteiger partial charge on any atom is -0.341 e. The lowest BCUT2D eigenvalue weighted by molar-refractivity contribution is 0.566. The molecule has 0 bridgehead atoms. The fraction of sp³-hybridized carbons (Fsp3) is 0.714. The molecule has 1 aromatic rings. The van der Waals surface area contributed by atoms with Crippen molar-refractivity contribution in [2.24, 2.45) is 0 Å². The van der Waals surface area contributed by atoms with Gasteiger partial charge in [0.05, 0.1) is 0 Å². The first-order valence-corrected chi connectivity index (χ1v) is 7.09. The SMILES string of the molecule is CCCNCc1cnc(N2CCCCC2)nc1C. The summed E-state index contributed by atoms with van der Waals surface area (Å²) in [5.41, 5.74) is 2.32. The van der Waals surface area contributed by atoms with E-state index in [9.17, 15) is 0 Å². The highest BCUT2D eigenvalue weighted by Gasteiger charge is 2.14. The van der Waals surface area contributed by atoms with Gasteiger partial charge < -0.3 is 10.2 Å². The number of nitrogens with zero attached hydrogens (tertiary/aromatic N) is 3. The Bertz CT molecular complexity index is 372. The molecular weight excluding hydrogens is 224 g/mol. The second-order valence-corrected chi connectivity index (χ2v) is 5.01. The lowest BCUT2D eigenvalue weighted by Crippen LogP contribution is -2.31. The molecule has 18 heavy (non-hydrogen) atoms. The average molecular weight is 248 g/mol. The Hall–Kier alpha value is -1.16. The van der Waals surface area contributed by atoms with Gasteiger partial charge in [0, 0.05) is 37.1 Å². The number of aryl methyl sites for hydroxylation is 1. The minimum atomic E-state index is 0.875. The summed E-state index contributed by atoms with van der Waals surface area (Å²) in [6.45, 7) is 8.39. The molecule has 1 N–H and O–H groups in total. The summed E-state index contributed by atoms with van der Waals surface area (Å²) in [4.78, 5) is 11.5. The lowest BCUT2D eigenvalue weighted by atomic mass is 10.1. The molecule has 0 saturated carbocycles. The van der Waals surface area contributed by atoms with Crippen molar-refractivity contribution in [1.29, 1.82) is 0 Å². The van der Waals surface area contributed by atoms with Crippen LogP contribution in [0.5, 0.6) is 0 Å². The molecule has 1 saturated heterocycles. The fourth-order valence-corrected chi connectivity index (χ4v) is 2.30. The van der Waals surface area contributed by atoms with E-state index in [1.807, 2.05) is 6.20 Å². The number of anilines is 1. The summed E-state index contributed by atoms with van der Waals surface area (Å²) in [5.74, 6) is 0.909. The van der Waals surface area contributed by atoms with Gasteiger partial charge in [0.2, 0.25) is 5.95 Å². The topological polar surface area (TPSA) is 41.1 Å². The predicted molar refractivity (Wildman–Crippen MR) is 74.8 cm³/mol. The van der Waals surface area contributed by atoms with Crippen LogP contribution in [-0.2, 0) is 6.54 Å². The van der Waals surface area contributed by atoms with Crippen molar-refractivity contribution in [2.45, 2.75) is 46.1 Å². The standard InChI is InChI=1S/C14H24N4/c1-3-7-15-10-13-11-16-14(17-12(13)2)18-8-5-4-6-9-18/h11,15H,3-10H2,1-2H3. The molecule has 100 valence electrons. The van der Waals surface area contributed by atoms with Crippen LogP contribution in [0.1, 0.15) is 43.9 Å². The average Bonchev–Trinajstić information content (AvgIpc) is 2.42. The van der Waals surface area contributed by atoms with Crippen molar-refractivity contribution in [3.05, 3.63) is 17.5 Å². The van der Waals surface area contributed by atoms with Crippen molar-refractivity contribution in [1.82, 2.24) is 15.3 Å². The van der Waals surface area contributed by atoms with Crippen LogP contribution in [0, 0.1) is 6.92 Å². The maximum atomic E-state index is 4.65. The van der Waals surface area contributed by atoms with Gasteiger partial charge in [-0.2, -0.15) is 0 Å². The van der Waals surface area contributed by atoms with Crippen LogP contribution in [-0.4, -0.2) is 29.6 Å². The van der Waals surface area contributed by atoms with Crippen LogP contribution in [0.15, 0.2) is 6.20 Å². The van der Waals surface area contributed by atoms with Gasteiger partial charge in [0.25, 0.3) is 0 Å². The van der Waals surface area contributed by atoms with Gasteiger partial charge in [-0.25, -0.2) is 9.97 Å². The number of nitrogens with one attached hydrogen (secondary N) is 1. The Balaban J connectivity index is 1.99. The maximum absolute atomic E-state index is 4.65. The van der Waals surface area contributed by atoms with Crippen molar-refractivity contribution in [3.63, 3.8) is 0 Å². The number of aromatic nitrogens is 2. The normalized spacial score (nSPS) is 16.0. The molecule has 4 heteroatoms. The van der Waals surface area contributed by atoms with Gasteiger partial charge in [-0.1, -0.05) is 6.92 Å². The van der Waals surface area contributed by atoms with Gasteiger partial charge in [0.1, 0.15) is 0 Å². The zero-order valence-corrected chi connectivity index (χ0v) is 11.6. The molecule has 1 aromatic heterocycles. The van der Waals surface area contributed by atoms with Gasteiger partial charge in [-0.05, 0) is 39.2 Å². The van der Waals surface area contributed by atoms with Gasteiger partial charge in [-0.15, -0.1) is 0 Å². The monoisotopic (exact) mass is 248 g/mol. The van der Waals surface area contributed by atoms with E-state index in [0.29, 0.717) is 0 Å². The number of piperidine rings is 1. The third-order valence-corrected chi connectivity index (χ3v) is 3.45. The first kappa shape index (κ1) is 13.3. The molecule has 1 aliphatic rings. The van der Waals surface area contributed by atoms with Crippen molar-refractivity contribution < 1.29 is 0 Å². The van der Waals surface area contributed by atoms with E-state index in [1.165, 1.54) is 24.8 Å². The minimum absolute atomic E-state index is 0.875. The third-order valence-electron chi connectivity index (χ3n) is 3.45. The predicted octanol–water partition coefficient (Wildman–Crippen LogP) is 2.27. The molecule has 0 unspecified atom stereocenters. The number of hydrogen-bond donors (Lipinski definition) is 1. The summed E-state index contributed by atoms with van der Waals surface area (Å²) in [7, 11) is 0. The zero-order chi connectivity index (χ0) is 12.8. The van der Waals surface area contributed by atoms with Crippen molar-refractivity contribution in [2.75, 3.05) is 24.5 Å². The second kappa shape index (κ2) is 6.69. The van der Waals surface area contributed by atoms with Crippen LogP contribution >= 0.6 is 0 Å². The highest BCUT2D eigenvalue weighted by molar-refractivity contribution is 5.33. The van der Waals surface area contributed by atoms with E-state index in [4.69, 9.17) is 0 Å². The van der Waals surface area contributed by atoms with Gasteiger partial charge in [0.15, 0.2) is 0 Å². The molecular formula is C14H24N4. The Morgan fingerprint density at radius 1 is 1.28 bits per heavy atom. The van der Waals surface area contributed by atoms with E-state index in [2.05, 4.69) is 34.0 Å². The Kier molecular flexibility index (Phi) is 4.93. The zero-order valence-electron chi connectivity index (χ0n) is 11.6. The Labute approximate surface area is 110 Å². The summed E-state index contributed by atoms with van der Waals surface area (Å²) in [6.07, 6.45) is 7.01. The molecule has 0 aromatic carbocycles. The van der Waals surface area contributed by atoms with E-state index >= 15 is 0 Å².